The predicted octanol–water partition coefficient (Wildman–Crippen LogP) is 3.71. The summed E-state index contributed by atoms with van der Waals surface area (Å²) < 4.78 is 21.5. The lowest BCUT2D eigenvalue weighted by Gasteiger charge is -2.11. The van der Waals surface area contributed by atoms with E-state index in [1.54, 1.807) is 24.3 Å². The van der Waals surface area contributed by atoms with Crippen molar-refractivity contribution in [2.24, 2.45) is 0 Å². The van der Waals surface area contributed by atoms with E-state index in [1.807, 2.05) is 17.5 Å². The monoisotopic (exact) mass is 386 g/mol. The first-order chi connectivity index (χ1) is 13.3. The average molecular weight is 386 g/mol. The van der Waals surface area contributed by atoms with Gasteiger partial charge in [0, 0.05) is 6.61 Å². The number of hydrogen-bond acceptors (Lipinski definition) is 8. The predicted molar refractivity (Wildman–Crippen MR) is 97.6 cm³/mol. The van der Waals surface area contributed by atoms with Crippen LogP contribution >= 0.6 is 11.3 Å². The van der Waals surface area contributed by atoms with Crippen LogP contribution in [0.2, 0.25) is 0 Å². The SMILES string of the molecule is O=C(OCc1nc(-c2cccs2)no1)c1ccc(OCC2CCCO2)cc1. The quantitative estimate of drug-likeness (QED) is 0.572. The molecule has 1 unspecified atom stereocenters. The molecule has 0 spiro atoms. The number of ether oxygens (including phenoxy) is 3. The molecule has 0 N–H and O–H groups in total. The number of carbonyl (C=O) groups is 1. The Morgan fingerprint density at radius 3 is 2.89 bits per heavy atom. The van der Waals surface area contributed by atoms with Gasteiger partial charge in [0.15, 0.2) is 6.61 Å². The summed E-state index contributed by atoms with van der Waals surface area (Å²) in [7, 11) is 0. The summed E-state index contributed by atoms with van der Waals surface area (Å²) in [4.78, 5) is 17.3. The summed E-state index contributed by atoms with van der Waals surface area (Å²) in [5, 5.41) is 5.81. The molecule has 2 aromatic heterocycles. The molecule has 1 atom stereocenters. The van der Waals surface area contributed by atoms with E-state index in [2.05, 4.69) is 10.1 Å². The zero-order chi connectivity index (χ0) is 18.5. The van der Waals surface area contributed by atoms with Crippen molar-refractivity contribution >= 4 is 17.3 Å². The van der Waals surface area contributed by atoms with Crippen molar-refractivity contribution in [2.45, 2.75) is 25.6 Å². The fourth-order valence-electron chi connectivity index (χ4n) is 2.68. The molecule has 27 heavy (non-hydrogen) atoms. The number of carbonyl (C=O) groups excluding carboxylic acids is 1. The molecule has 1 aromatic carbocycles. The molecule has 3 heterocycles. The number of benzene rings is 1. The van der Waals surface area contributed by atoms with Crippen molar-refractivity contribution in [2.75, 3.05) is 13.2 Å². The molecule has 1 aliphatic rings. The highest BCUT2D eigenvalue weighted by Crippen LogP contribution is 2.21. The van der Waals surface area contributed by atoms with Crippen LogP contribution in [0.15, 0.2) is 46.3 Å². The van der Waals surface area contributed by atoms with Gasteiger partial charge in [-0.3, -0.25) is 0 Å². The number of hydrogen-bond donors (Lipinski definition) is 0. The summed E-state index contributed by atoms with van der Waals surface area (Å²) in [6, 6.07) is 10.6. The molecular formula is C19H18N2O5S. The van der Waals surface area contributed by atoms with Gasteiger partial charge in [0.2, 0.25) is 5.82 Å². The summed E-state index contributed by atoms with van der Waals surface area (Å²) in [6.45, 7) is 1.25. The van der Waals surface area contributed by atoms with Gasteiger partial charge >= 0.3 is 5.97 Å². The normalized spacial score (nSPS) is 16.4. The highest BCUT2D eigenvalue weighted by Gasteiger charge is 2.16. The highest BCUT2D eigenvalue weighted by atomic mass is 32.1. The number of aromatic nitrogens is 2. The molecule has 7 nitrogen and oxygen atoms in total. The maximum absolute atomic E-state index is 12.2. The standard InChI is InChI=1S/C19H18N2O5S/c22-19(25-12-17-20-18(21-26-17)16-4-2-10-27-16)13-5-7-14(8-6-13)24-11-15-3-1-9-23-15/h2,4-8,10,15H,1,3,9,11-12H2. The fraction of sp³-hybridized carbons (Fsp3) is 0.316. The molecular weight excluding hydrogens is 368 g/mol. The van der Waals surface area contributed by atoms with E-state index in [-0.39, 0.29) is 18.6 Å². The van der Waals surface area contributed by atoms with Gasteiger partial charge < -0.3 is 18.7 Å². The average Bonchev–Trinajstić information content (AvgIpc) is 3.47. The van der Waals surface area contributed by atoms with E-state index in [4.69, 9.17) is 18.7 Å². The van der Waals surface area contributed by atoms with Crippen molar-refractivity contribution in [3.05, 3.63) is 53.2 Å². The Bertz CT molecular complexity index is 870. The van der Waals surface area contributed by atoms with Gasteiger partial charge in [-0.2, -0.15) is 4.98 Å². The Morgan fingerprint density at radius 2 is 2.15 bits per heavy atom. The third kappa shape index (κ3) is 4.53. The Balaban J connectivity index is 1.28. The minimum atomic E-state index is -0.462. The van der Waals surface area contributed by atoms with Crippen LogP contribution in [0.5, 0.6) is 5.75 Å². The third-order valence-electron chi connectivity index (χ3n) is 4.09. The molecule has 3 aromatic rings. The molecule has 0 saturated carbocycles. The van der Waals surface area contributed by atoms with Crippen LogP contribution in [0.25, 0.3) is 10.7 Å². The van der Waals surface area contributed by atoms with Crippen LogP contribution in [-0.2, 0) is 16.1 Å². The van der Waals surface area contributed by atoms with Gasteiger partial charge in [-0.1, -0.05) is 11.2 Å². The lowest BCUT2D eigenvalue weighted by Crippen LogP contribution is -2.16. The Hall–Kier alpha value is -2.71. The topological polar surface area (TPSA) is 83.7 Å². The molecule has 8 heteroatoms. The minimum absolute atomic E-state index is 0.0749. The number of nitrogens with zero attached hydrogens (tertiary/aromatic N) is 2. The Labute approximate surface area is 159 Å². The van der Waals surface area contributed by atoms with Crippen molar-refractivity contribution in [3.63, 3.8) is 0 Å². The van der Waals surface area contributed by atoms with Crippen LogP contribution in [0.1, 0.15) is 29.1 Å². The first-order valence-electron chi connectivity index (χ1n) is 8.66. The van der Waals surface area contributed by atoms with Gasteiger partial charge in [-0.15, -0.1) is 11.3 Å². The van der Waals surface area contributed by atoms with E-state index in [9.17, 15) is 4.79 Å². The summed E-state index contributed by atoms with van der Waals surface area (Å²) in [5.41, 5.74) is 0.428. The van der Waals surface area contributed by atoms with Gasteiger partial charge in [-0.05, 0) is 48.6 Å². The maximum Gasteiger partial charge on any atom is 0.338 e. The van der Waals surface area contributed by atoms with Gasteiger partial charge in [-0.25, -0.2) is 4.79 Å². The summed E-state index contributed by atoms with van der Waals surface area (Å²) in [5.74, 6) is 0.975. The van der Waals surface area contributed by atoms with Crippen LogP contribution in [0, 0.1) is 0 Å². The number of thiophene rings is 1. The van der Waals surface area contributed by atoms with E-state index in [1.165, 1.54) is 11.3 Å². The maximum atomic E-state index is 12.2. The lowest BCUT2D eigenvalue weighted by atomic mass is 10.2. The molecule has 0 aliphatic carbocycles. The zero-order valence-electron chi connectivity index (χ0n) is 14.5. The summed E-state index contributed by atoms with van der Waals surface area (Å²) >= 11 is 1.51. The van der Waals surface area contributed by atoms with Gasteiger partial charge in [0.1, 0.15) is 12.4 Å². The van der Waals surface area contributed by atoms with E-state index in [0.29, 0.717) is 23.7 Å². The molecule has 0 radical (unpaired) electrons. The van der Waals surface area contributed by atoms with E-state index in [0.717, 1.165) is 24.3 Å². The molecule has 140 valence electrons. The smallest absolute Gasteiger partial charge is 0.338 e. The molecule has 1 aliphatic heterocycles. The second-order valence-electron chi connectivity index (χ2n) is 6.04. The van der Waals surface area contributed by atoms with Crippen LogP contribution in [0.3, 0.4) is 0 Å². The first-order valence-corrected chi connectivity index (χ1v) is 9.54. The Morgan fingerprint density at radius 1 is 1.26 bits per heavy atom. The van der Waals surface area contributed by atoms with Crippen molar-refractivity contribution < 1.29 is 23.5 Å². The van der Waals surface area contributed by atoms with Gasteiger partial charge in [0.25, 0.3) is 5.89 Å². The second-order valence-corrected chi connectivity index (χ2v) is 6.98. The van der Waals surface area contributed by atoms with Crippen molar-refractivity contribution in [1.29, 1.82) is 0 Å². The largest absolute Gasteiger partial charge is 0.491 e. The fourth-order valence-corrected chi connectivity index (χ4v) is 3.33. The number of rotatable bonds is 7. The number of esters is 1. The van der Waals surface area contributed by atoms with Crippen LogP contribution in [-0.4, -0.2) is 35.4 Å². The lowest BCUT2D eigenvalue weighted by molar-refractivity contribution is 0.0429. The molecule has 1 saturated heterocycles. The zero-order valence-corrected chi connectivity index (χ0v) is 15.3. The summed E-state index contributed by atoms with van der Waals surface area (Å²) in [6.07, 6.45) is 2.25. The van der Waals surface area contributed by atoms with E-state index < -0.39 is 5.97 Å². The minimum Gasteiger partial charge on any atom is -0.491 e. The van der Waals surface area contributed by atoms with Crippen LogP contribution in [0.4, 0.5) is 0 Å². The third-order valence-corrected chi connectivity index (χ3v) is 4.95. The second kappa shape index (κ2) is 8.32. The first kappa shape index (κ1) is 17.7. The molecule has 0 bridgehead atoms. The highest BCUT2D eigenvalue weighted by molar-refractivity contribution is 7.13. The molecule has 4 rings (SSSR count). The molecule has 1 fully saturated rings. The Kier molecular flexibility index (Phi) is 5.45. The van der Waals surface area contributed by atoms with E-state index >= 15 is 0 Å². The molecule has 0 amide bonds. The van der Waals surface area contributed by atoms with Crippen molar-refractivity contribution in [1.82, 2.24) is 10.1 Å². The van der Waals surface area contributed by atoms with Crippen LogP contribution < -0.4 is 4.74 Å². The van der Waals surface area contributed by atoms with Crippen molar-refractivity contribution in [3.8, 4) is 16.5 Å². The van der Waals surface area contributed by atoms with Gasteiger partial charge in [0.05, 0.1) is 16.5 Å².